The normalized spacial score (nSPS) is 12.0. The molecular formula is C21H24N4O2. The van der Waals surface area contributed by atoms with Crippen LogP contribution in [0.1, 0.15) is 36.5 Å². The first-order valence-corrected chi connectivity index (χ1v) is 9.14. The van der Waals surface area contributed by atoms with E-state index in [2.05, 4.69) is 20.2 Å². The highest BCUT2D eigenvalue weighted by molar-refractivity contribution is 6.00. The van der Waals surface area contributed by atoms with Crippen LogP contribution in [0.25, 0.3) is 16.7 Å². The Morgan fingerprint density at radius 3 is 2.59 bits per heavy atom. The van der Waals surface area contributed by atoms with Crippen molar-refractivity contribution in [2.24, 2.45) is 0 Å². The molecule has 3 aromatic rings. The molecule has 0 unspecified atom stereocenters. The zero-order valence-electron chi connectivity index (χ0n) is 15.8. The second-order valence-corrected chi connectivity index (χ2v) is 6.52. The fourth-order valence-corrected chi connectivity index (χ4v) is 2.99. The van der Waals surface area contributed by atoms with Gasteiger partial charge in [0, 0.05) is 17.8 Å². The molecule has 0 aliphatic rings. The number of aromatic nitrogens is 2. The first-order valence-electron chi connectivity index (χ1n) is 9.14. The van der Waals surface area contributed by atoms with E-state index in [1.807, 2.05) is 50.2 Å². The van der Waals surface area contributed by atoms with Crippen molar-refractivity contribution in [2.45, 2.75) is 33.2 Å². The second kappa shape index (κ2) is 8.03. The molecule has 3 rings (SSSR count). The van der Waals surface area contributed by atoms with E-state index in [1.54, 1.807) is 19.1 Å². The summed E-state index contributed by atoms with van der Waals surface area (Å²) in [7, 11) is 0. The maximum Gasteiger partial charge on any atom is 0.251 e. The fourth-order valence-electron chi connectivity index (χ4n) is 2.99. The van der Waals surface area contributed by atoms with Crippen molar-refractivity contribution in [3.8, 4) is 5.69 Å². The van der Waals surface area contributed by atoms with Gasteiger partial charge in [-0.3, -0.25) is 14.2 Å². The Bertz CT molecular complexity index is 963. The fraction of sp³-hybridized carbons (Fsp3) is 0.286. The SMILES string of the molecule is CCCNC(=O)[C@H](C)NC(=O)c1ccc2c(c1)nc(C)n2-c1ccccc1. The van der Waals surface area contributed by atoms with E-state index >= 15 is 0 Å². The second-order valence-electron chi connectivity index (χ2n) is 6.52. The third-order valence-corrected chi connectivity index (χ3v) is 4.39. The molecule has 2 N–H and O–H groups in total. The van der Waals surface area contributed by atoms with E-state index in [-0.39, 0.29) is 11.8 Å². The number of fused-ring (bicyclic) bond motifs is 1. The number of rotatable bonds is 6. The number of benzene rings is 2. The number of amides is 2. The standard InChI is InChI=1S/C21H24N4O2/c1-4-12-22-20(26)14(2)23-21(27)16-10-11-19-18(13-16)24-15(3)25(19)17-8-6-5-7-9-17/h5-11,13-14H,4,12H2,1-3H3,(H,22,26)(H,23,27)/t14-/m0/s1. The zero-order valence-corrected chi connectivity index (χ0v) is 15.8. The monoisotopic (exact) mass is 364 g/mol. The molecule has 0 bridgehead atoms. The molecule has 6 heteroatoms. The number of imidazole rings is 1. The van der Waals surface area contributed by atoms with Crippen molar-refractivity contribution in [1.82, 2.24) is 20.2 Å². The third kappa shape index (κ3) is 4.00. The number of para-hydroxylation sites is 1. The summed E-state index contributed by atoms with van der Waals surface area (Å²) in [6.45, 7) is 6.19. The van der Waals surface area contributed by atoms with Crippen LogP contribution in [0.3, 0.4) is 0 Å². The molecular weight excluding hydrogens is 340 g/mol. The molecule has 0 aliphatic heterocycles. The van der Waals surface area contributed by atoms with Crippen LogP contribution in [0.5, 0.6) is 0 Å². The Balaban J connectivity index is 1.83. The first kappa shape index (κ1) is 18.6. The molecule has 0 aliphatic carbocycles. The minimum atomic E-state index is -0.594. The lowest BCUT2D eigenvalue weighted by atomic mass is 10.1. The van der Waals surface area contributed by atoms with Gasteiger partial charge in [-0.15, -0.1) is 0 Å². The van der Waals surface area contributed by atoms with Crippen molar-refractivity contribution >= 4 is 22.8 Å². The summed E-state index contributed by atoms with van der Waals surface area (Å²) in [6, 6.07) is 14.8. The predicted molar refractivity (Wildman–Crippen MR) is 106 cm³/mol. The van der Waals surface area contributed by atoms with Crippen LogP contribution in [0, 0.1) is 6.92 Å². The molecule has 0 saturated heterocycles. The van der Waals surface area contributed by atoms with E-state index in [9.17, 15) is 9.59 Å². The van der Waals surface area contributed by atoms with E-state index in [1.165, 1.54) is 0 Å². The molecule has 0 fully saturated rings. The largest absolute Gasteiger partial charge is 0.354 e. The summed E-state index contributed by atoms with van der Waals surface area (Å²) in [5, 5.41) is 5.52. The van der Waals surface area contributed by atoms with E-state index in [0.717, 1.165) is 29.0 Å². The minimum absolute atomic E-state index is 0.185. The molecule has 2 aromatic carbocycles. The first-order chi connectivity index (χ1) is 13.0. The minimum Gasteiger partial charge on any atom is -0.354 e. The lowest BCUT2D eigenvalue weighted by Gasteiger charge is -2.14. The Labute approximate surface area is 158 Å². The van der Waals surface area contributed by atoms with Crippen LogP contribution in [-0.2, 0) is 4.79 Å². The summed E-state index contributed by atoms with van der Waals surface area (Å²) < 4.78 is 2.05. The Hall–Kier alpha value is -3.15. The number of carbonyl (C=O) groups excluding carboxylic acids is 2. The topological polar surface area (TPSA) is 76.0 Å². The van der Waals surface area contributed by atoms with Crippen molar-refractivity contribution in [1.29, 1.82) is 0 Å². The van der Waals surface area contributed by atoms with Gasteiger partial charge < -0.3 is 10.6 Å². The number of nitrogens with zero attached hydrogens (tertiary/aromatic N) is 2. The number of hydrogen-bond acceptors (Lipinski definition) is 3. The highest BCUT2D eigenvalue weighted by Crippen LogP contribution is 2.22. The van der Waals surface area contributed by atoms with Gasteiger partial charge in [-0.1, -0.05) is 25.1 Å². The highest BCUT2D eigenvalue weighted by atomic mass is 16.2. The zero-order chi connectivity index (χ0) is 19.4. The van der Waals surface area contributed by atoms with Gasteiger partial charge in [0.05, 0.1) is 11.0 Å². The number of carbonyl (C=O) groups is 2. The van der Waals surface area contributed by atoms with E-state index < -0.39 is 6.04 Å². The molecule has 2 amide bonds. The molecule has 27 heavy (non-hydrogen) atoms. The summed E-state index contributed by atoms with van der Waals surface area (Å²) in [5.41, 5.74) is 3.18. The maximum absolute atomic E-state index is 12.5. The lowest BCUT2D eigenvalue weighted by molar-refractivity contribution is -0.122. The lowest BCUT2D eigenvalue weighted by Crippen LogP contribution is -2.45. The van der Waals surface area contributed by atoms with Crippen molar-refractivity contribution < 1.29 is 9.59 Å². The van der Waals surface area contributed by atoms with Crippen LogP contribution >= 0.6 is 0 Å². The van der Waals surface area contributed by atoms with Crippen LogP contribution in [0.4, 0.5) is 0 Å². The Kier molecular flexibility index (Phi) is 5.54. The van der Waals surface area contributed by atoms with Crippen molar-refractivity contribution in [2.75, 3.05) is 6.54 Å². The van der Waals surface area contributed by atoms with Crippen molar-refractivity contribution in [3.05, 3.63) is 59.9 Å². The molecule has 0 radical (unpaired) electrons. The number of aryl methyl sites for hydroxylation is 1. The average molecular weight is 364 g/mol. The molecule has 0 saturated carbocycles. The van der Waals surface area contributed by atoms with E-state index in [0.29, 0.717) is 12.1 Å². The van der Waals surface area contributed by atoms with Gasteiger partial charge in [-0.2, -0.15) is 0 Å². The predicted octanol–water partition coefficient (Wildman–Crippen LogP) is 2.98. The average Bonchev–Trinajstić information content (AvgIpc) is 3.01. The highest BCUT2D eigenvalue weighted by Gasteiger charge is 2.17. The summed E-state index contributed by atoms with van der Waals surface area (Å²) >= 11 is 0. The van der Waals surface area contributed by atoms with Gasteiger partial charge in [0.15, 0.2) is 0 Å². The van der Waals surface area contributed by atoms with E-state index in [4.69, 9.17) is 0 Å². The van der Waals surface area contributed by atoms with Gasteiger partial charge in [0.1, 0.15) is 11.9 Å². The number of hydrogen-bond donors (Lipinski definition) is 2. The Morgan fingerprint density at radius 2 is 1.89 bits per heavy atom. The Morgan fingerprint density at radius 1 is 1.15 bits per heavy atom. The number of nitrogens with one attached hydrogen (secondary N) is 2. The van der Waals surface area contributed by atoms with Gasteiger partial charge in [0.25, 0.3) is 5.91 Å². The summed E-state index contributed by atoms with van der Waals surface area (Å²) in [4.78, 5) is 29.0. The molecule has 1 aromatic heterocycles. The third-order valence-electron chi connectivity index (χ3n) is 4.39. The summed E-state index contributed by atoms with van der Waals surface area (Å²) in [5.74, 6) is 0.375. The molecule has 1 heterocycles. The van der Waals surface area contributed by atoms with Gasteiger partial charge in [-0.25, -0.2) is 4.98 Å². The van der Waals surface area contributed by atoms with Gasteiger partial charge in [0.2, 0.25) is 5.91 Å². The van der Waals surface area contributed by atoms with Gasteiger partial charge in [-0.05, 0) is 50.6 Å². The van der Waals surface area contributed by atoms with Crippen LogP contribution in [0.2, 0.25) is 0 Å². The van der Waals surface area contributed by atoms with Crippen LogP contribution in [0.15, 0.2) is 48.5 Å². The molecule has 0 spiro atoms. The molecule has 6 nitrogen and oxygen atoms in total. The maximum atomic E-state index is 12.5. The van der Waals surface area contributed by atoms with Crippen LogP contribution < -0.4 is 10.6 Å². The van der Waals surface area contributed by atoms with Gasteiger partial charge >= 0.3 is 0 Å². The molecule has 140 valence electrons. The quantitative estimate of drug-likeness (QED) is 0.706. The smallest absolute Gasteiger partial charge is 0.251 e. The van der Waals surface area contributed by atoms with Crippen molar-refractivity contribution in [3.63, 3.8) is 0 Å². The van der Waals surface area contributed by atoms with Crippen LogP contribution in [-0.4, -0.2) is 34.0 Å². The molecule has 1 atom stereocenters. The summed E-state index contributed by atoms with van der Waals surface area (Å²) in [6.07, 6.45) is 0.854.